The predicted molar refractivity (Wildman–Crippen MR) is 135 cm³/mol. The summed E-state index contributed by atoms with van der Waals surface area (Å²) < 4.78 is 15.6. The van der Waals surface area contributed by atoms with Crippen molar-refractivity contribution < 1.29 is 4.39 Å². The van der Waals surface area contributed by atoms with Crippen LogP contribution in [-0.4, -0.2) is 49.7 Å². The number of hydrogen-bond acceptors (Lipinski definition) is 7. The number of aromatic nitrogens is 5. The fourth-order valence-corrected chi connectivity index (χ4v) is 5.04. The highest BCUT2D eigenvalue weighted by atomic mass is 19.1. The first-order valence-corrected chi connectivity index (χ1v) is 12.5. The topological polar surface area (TPSA) is 92.6 Å². The van der Waals surface area contributed by atoms with E-state index in [4.69, 9.17) is 15.0 Å². The zero-order valence-electron chi connectivity index (χ0n) is 19.5. The van der Waals surface area contributed by atoms with Gasteiger partial charge in [0.15, 0.2) is 5.65 Å². The molecule has 9 heteroatoms. The molecule has 0 bridgehead atoms. The van der Waals surface area contributed by atoms with Crippen LogP contribution in [0, 0.1) is 5.82 Å². The summed E-state index contributed by atoms with van der Waals surface area (Å²) >= 11 is 0. The molecule has 4 heterocycles. The van der Waals surface area contributed by atoms with Crippen LogP contribution in [0.5, 0.6) is 0 Å². The minimum Gasteiger partial charge on any atom is -0.367 e. The van der Waals surface area contributed by atoms with Crippen molar-refractivity contribution in [2.45, 2.75) is 50.6 Å². The number of benzene rings is 1. The average Bonchev–Trinajstić information content (AvgIpc) is 3.53. The Kier molecular flexibility index (Phi) is 5.99. The lowest BCUT2D eigenvalue weighted by Crippen LogP contribution is -2.35. The van der Waals surface area contributed by atoms with Crippen molar-refractivity contribution in [2.75, 3.05) is 23.7 Å². The maximum absolute atomic E-state index is 13.7. The molecule has 8 nitrogen and oxygen atoms in total. The first-order valence-electron chi connectivity index (χ1n) is 12.5. The summed E-state index contributed by atoms with van der Waals surface area (Å²) in [6, 6.07) is 13.1. The van der Waals surface area contributed by atoms with Gasteiger partial charge in [-0.1, -0.05) is 12.8 Å². The van der Waals surface area contributed by atoms with E-state index < -0.39 is 0 Å². The van der Waals surface area contributed by atoms with Gasteiger partial charge in [-0.15, -0.1) is 0 Å². The number of halogens is 1. The molecule has 35 heavy (non-hydrogen) atoms. The number of hydrogen-bond donors (Lipinski definition) is 3. The Bertz CT molecular complexity index is 1310. The maximum atomic E-state index is 13.7. The number of rotatable bonds is 6. The Morgan fingerprint density at radius 3 is 2.40 bits per heavy atom. The van der Waals surface area contributed by atoms with Crippen LogP contribution >= 0.6 is 0 Å². The van der Waals surface area contributed by atoms with Crippen molar-refractivity contribution >= 4 is 22.9 Å². The summed E-state index contributed by atoms with van der Waals surface area (Å²) in [5.41, 5.74) is 2.25. The van der Waals surface area contributed by atoms with Crippen LogP contribution in [0.3, 0.4) is 0 Å². The van der Waals surface area contributed by atoms with Gasteiger partial charge in [0.2, 0.25) is 5.95 Å². The van der Waals surface area contributed by atoms with E-state index in [1.165, 1.54) is 25.0 Å². The molecule has 2 fully saturated rings. The van der Waals surface area contributed by atoms with Gasteiger partial charge in [-0.25, -0.2) is 19.3 Å². The quantitative estimate of drug-likeness (QED) is 0.380. The van der Waals surface area contributed by atoms with Crippen LogP contribution in [0.4, 0.5) is 16.2 Å². The lowest BCUT2D eigenvalue weighted by atomic mass is 10.1. The molecule has 180 valence electrons. The molecule has 2 aliphatic rings. The molecule has 1 aromatic carbocycles. The highest BCUT2D eigenvalue weighted by Gasteiger charge is 2.20. The predicted octanol–water partition coefficient (Wildman–Crippen LogP) is 4.54. The normalized spacial score (nSPS) is 17.2. The number of piperidine rings is 1. The van der Waals surface area contributed by atoms with E-state index in [0.717, 1.165) is 55.7 Å². The van der Waals surface area contributed by atoms with E-state index >= 15 is 0 Å². The van der Waals surface area contributed by atoms with E-state index in [0.29, 0.717) is 35.3 Å². The smallest absolute Gasteiger partial charge is 0.224 e. The molecule has 1 aliphatic heterocycles. The van der Waals surface area contributed by atoms with Crippen LogP contribution in [0.15, 0.2) is 48.7 Å². The molecule has 0 spiro atoms. The molecular weight excluding hydrogens is 443 g/mol. The summed E-state index contributed by atoms with van der Waals surface area (Å²) in [7, 11) is 0. The number of nitrogens with zero attached hydrogens (tertiary/aromatic N) is 5. The van der Waals surface area contributed by atoms with Gasteiger partial charge in [0.25, 0.3) is 0 Å². The lowest BCUT2D eigenvalue weighted by molar-refractivity contribution is 0.478. The third-order valence-electron chi connectivity index (χ3n) is 6.87. The fourth-order valence-electron chi connectivity index (χ4n) is 5.04. The standard InChI is InChI=1S/C26H29FN8/c27-18-7-5-17(6-8-18)25-34-24-21(9-10-22(32-24)30-20-11-14-28-15-12-20)35(25)23-13-16-29-26(33-23)31-19-3-1-2-4-19/h5-10,13,16,19-20,28H,1-4,11-12,14-15H2,(H,30,32)(H,29,31,33). The van der Waals surface area contributed by atoms with E-state index in [-0.39, 0.29) is 5.82 Å². The van der Waals surface area contributed by atoms with Crippen LogP contribution in [0.1, 0.15) is 38.5 Å². The van der Waals surface area contributed by atoms with Crippen molar-refractivity contribution in [3.8, 4) is 17.2 Å². The van der Waals surface area contributed by atoms with Gasteiger partial charge in [0.1, 0.15) is 23.3 Å². The van der Waals surface area contributed by atoms with Gasteiger partial charge < -0.3 is 16.0 Å². The molecular formula is C26H29FN8. The van der Waals surface area contributed by atoms with Gasteiger partial charge in [0.05, 0.1) is 5.52 Å². The molecule has 6 rings (SSSR count). The molecule has 0 radical (unpaired) electrons. The monoisotopic (exact) mass is 472 g/mol. The number of pyridine rings is 1. The molecule has 4 aromatic rings. The average molecular weight is 473 g/mol. The zero-order valence-corrected chi connectivity index (χ0v) is 19.5. The van der Waals surface area contributed by atoms with Crippen LogP contribution < -0.4 is 16.0 Å². The van der Waals surface area contributed by atoms with Crippen molar-refractivity contribution in [3.05, 3.63) is 54.5 Å². The van der Waals surface area contributed by atoms with E-state index in [1.54, 1.807) is 18.3 Å². The molecule has 1 saturated heterocycles. The third-order valence-corrected chi connectivity index (χ3v) is 6.87. The van der Waals surface area contributed by atoms with Crippen molar-refractivity contribution in [1.82, 2.24) is 29.8 Å². The zero-order chi connectivity index (χ0) is 23.6. The van der Waals surface area contributed by atoms with Gasteiger partial charge in [-0.3, -0.25) is 4.57 Å². The van der Waals surface area contributed by atoms with Crippen LogP contribution in [0.25, 0.3) is 28.4 Å². The maximum Gasteiger partial charge on any atom is 0.224 e. The third kappa shape index (κ3) is 4.68. The highest BCUT2D eigenvalue weighted by Crippen LogP contribution is 2.29. The molecule has 1 aliphatic carbocycles. The first kappa shape index (κ1) is 21.9. The Labute approximate surface area is 203 Å². The Morgan fingerprint density at radius 2 is 1.60 bits per heavy atom. The van der Waals surface area contributed by atoms with Gasteiger partial charge >= 0.3 is 0 Å². The second-order valence-corrected chi connectivity index (χ2v) is 9.35. The second-order valence-electron chi connectivity index (χ2n) is 9.35. The highest BCUT2D eigenvalue weighted by molar-refractivity contribution is 5.81. The van der Waals surface area contributed by atoms with Crippen LogP contribution in [0.2, 0.25) is 0 Å². The van der Waals surface area contributed by atoms with Crippen molar-refractivity contribution in [1.29, 1.82) is 0 Å². The lowest BCUT2D eigenvalue weighted by Gasteiger charge is -2.24. The molecule has 0 atom stereocenters. The second kappa shape index (κ2) is 9.58. The van der Waals surface area contributed by atoms with Crippen molar-refractivity contribution in [2.24, 2.45) is 0 Å². The van der Waals surface area contributed by atoms with Crippen molar-refractivity contribution in [3.63, 3.8) is 0 Å². The molecule has 3 N–H and O–H groups in total. The molecule has 1 saturated carbocycles. The SMILES string of the molecule is Fc1ccc(-c2nc3nc(NC4CCNCC4)ccc3n2-c2ccnc(NC3CCCC3)n2)cc1. The molecule has 0 unspecified atom stereocenters. The number of nitrogens with one attached hydrogen (secondary N) is 3. The van der Waals surface area contributed by atoms with Gasteiger partial charge in [-0.05, 0) is 81.2 Å². The van der Waals surface area contributed by atoms with E-state index in [9.17, 15) is 4.39 Å². The summed E-state index contributed by atoms with van der Waals surface area (Å²) in [5.74, 6) is 2.50. The Hall–Kier alpha value is -3.59. The summed E-state index contributed by atoms with van der Waals surface area (Å²) in [4.78, 5) is 19.0. The minimum absolute atomic E-state index is 0.284. The number of imidazole rings is 1. The minimum atomic E-state index is -0.284. The van der Waals surface area contributed by atoms with Gasteiger partial charge in [-0.2, -0.15) is 4.98 Å². The first-order chi connectivity index (χ1) is 17.2. The molecule has 0 amide bonds. The summed E-state index contributed by atoms with van der Waals surface area (Å²) in [6.07, 6.45) is 8.63. The van der Waals surface area contributed by atoms with E-state index in [1.807, 2.05) is 22.8 Å². The van der Waals surface area contributed by atoms with Crippen LogP contribution in [-0.2, 0) is 0 Å². The Balaban J connectivity index is 1.41. The molecule has 3 aromatic heterocycles. The fraction of sp³-hybridized carbons (Fsp3) is 0.385. The van der Waals surface area contributed by atoms with Gasteiger partial charge in [0, 0.05) is 23.8 Å². The number of fused-ring (bicyclic) bond motifs is 1. The summed E-state index contributed by atoms with van der Waals surface area (Å²) in [5, 5.41) is 10.4. The largest absolute Gasteiger partial charge is 0.367 e. The van der Waals surface area contributed by atoms with E-state index in [2.05, 4.69) is 20.9 Å². The Morgan fingerprint density at radius 1 is 0.829 bits per heavy atom. The summed E-state index contributed by atoms with van der Waals surface area (Å²) in [6.45, 7) is 2.02. The number of anilines is 2.